The van der Waals surface area contributed by atoms with Gasteiger partial charge >= 0.3 is 0 Å². The molecule has 140 valence electrons. The Labute approximate surface area is 157 Å². The van der Waals surface area contributed by atoms with E-state index in [0.29, 0.717) is 32.7 Å². The number of rotatable bonds is 4. The second-order valence-corrected chi connectivity index (χ2v) is 7.90. The highest BCUT2D eigenvalue weighted by Gasteiger charge is 2.28. The molecule has 1 atom stereocenters. The Balaban J connectivity index is 1.44. The lowest BCUT2D eigenvalue weighted by molar-refractivity contribution is -0.134. The number of morpholine rings is 1. The van der Waals surface area contributed by atoms with Gasteiger partial charge in [-0.15, -0.1) is 11.3 Å². The van der Waals surface area contributed by atoms with Gasteiger partial charge in [-0.3, -0.25) is 9.69 Å². The Kier molecular flexibility index (Phi) is 5.06. The van der Waals surface area contributed by atoms with Crippen LogP contribution in [0.15, 0.2) is 11.7 Å². The fraction of sp³-hybridized carbons (Fsp3) is 0.611. The molecule has 0 bridgehead atoms. The van der Waals surface area contributed by atoms with E-state index < -0.39 is 0 Å². The molecule has 26 heavy (non-hydrogen) atoms. The third-order valence-electron chi connectivity index (χ3n) is 5.29. The Bertz CT molecular complexity index is 780. The maximum Gasteiger partial charge on any atom is 0.228 e. The summed E-state index contributed by atoms with van der Waals surface area (Å²) in [7, 11) is 0. The van der Waals surface area contributed by atoms with Crippen LogP contribution in [0.5, 0.6) is 0 Å². The van der Waals surface area contributed by atoms with Crippen LogP contribution >= 0.6 is 11.3 Å². The predicted molar refractivity (Wildman–Crippen MR) is 99.0 cm³/mol. The molecular weight excluding hydrogens is 350 g/mol. The molecule has 4 rings (SSSR count). The minimum Gasteiger partial charge on any atom is -0.378 e. The molecule has 0 spiro atoms. The number of carbonyl (C=O) groups excluding carboxylic acids is 1. The molecule has 7 nitrogen and oxygen atoms in total. The summed E-state index contributed by atoms with van der Waals surface area (Å²) in [6.45, 7) is 9.71. The average molecular weight is 375 g/mol. The van der Waals surface area contributed by atoms with Gasteiger partial charge in [0.2, 0.25) is 5.91 Å². The largest absolute Gasteiger partial charge is 0.378 e. The van der Waals surface area contributed by atoms with Gasteiger partial charge in [0.05, 0.1) is 42.6 Å². The van der Waals surface area contributed by atoms with Crippen molar-refractivity contribution in [3.63, 3.8) is 0 Å². The standard InChI is InChI=1S/C18H25N5O2S/c1-13-16(26-12-19-13)11-22-3-4-23-10-15(20-18(23)14(22)2)9-17(24)21-5-7-25-8-6-21/h10,12,14H,3-9,11H2,1-2H3/t14-/m0/s1. The van der Waals surface area contributed by atoms with Crippen molar-refractivity contribution in [2.45, 2.75) is 39.4 Å². The maximum absolute atomic E-state index is 12.5. The van der Waals surface area contributed by atoms with Crippen LogP contribution in [0.3, 0.4) is 0 Å². The van der Waals surface area contributed by atoms with Crippen molar-refractivity contribution in [1.82, 2.24) is 24.3 Å². The van der Waals surface area contributed by atoms with Crippen LogP contribution in [0.4, 0.5) is 0 Å². The van der Waals surface area contributed by atoms with E-state index >= 15 is 0 Å². The topological polar surface area (TPSA) is 63.5 Å². The molecule has 0 unspecified atom stereocenters. The van der Waals surface area contributed by atoms with E-state index in [1.807, 2.05) is 10.4 Å². The Hall–Kier alpha value is -1.77. The lowest BCUT2D eigenvalue weighted by Gasteiger charge is -2.33. The number of ether oxygens (including phenoxy) is 1. The van der Waals surface area contributed by atoms with E-state index in [9.17, 15) is 4.79 Å². The van der Waals surface area contributed by atoms with Crippen LogP contribution in [-0.2, 0) is 29.0 Å². The van der Waals surface area contributed by atoms with Crippen molar-refractivity contribution in [3.8, 4) is 0 Å². The fourth-order valence-electron chi connectivity index (χ4n) is 3.63. The highest BCUT2D eigenvalue weighted by molar-refractivity contribution is 7.09. The van der Waals surface area contributed by atoms with Crippen molar-refractivity contribution >= 4 is 17.2 Å². The molecule has 0 aliphatic carbocycles. The van der Waals surface area contributed by atoms with Crippen molar-refractivity contribution in [2.75, 3.05) is 32.8 Å². The summed E-state index contributed by atoms with van der Waals surface area (Å²) in [4.78, 5) is 27.3. The lowest BCUT2D eigenvalue weighted by atomic mass is 10.2. The van der Waals surface area contributed by atoms with Crippen LogP contribution in [-0.4, -0.2) is 63.1 Å². The molecule has 0 aromatic carbocycles. The molecule has 0 N–H and O–H groups in total. The van der Waals surface area contributed by atoms with E-state index in [-0.39, 0.29) is 11.9 Å². The summed E-state index contributed by atoms with van der Waals surface area (Å²) >= 11 is 1.72. The first-order chi connectivity index (χ1) is 12.6. The summed E-state index contributed by atoms with van der Waals surface area (Å²) < 4.78 is 7.53. The zero-order valence-corrected chi connectivity index (χ0v) is 16.2. The van der Waals surface area contributed by atoms with Crippen LogP contribution in [0.2, 0.25) is 0 Å². The van der Waals surface area contributed by atoms with Crippen molar-refractivity contribution in [1.29, 1.82) is 0 Å². The van der Waals surface area contributed by atoms with Gasteiger partial charge in [-0.2, -0.15) is 0 Å². The lowest BCUT2D eigenvalue weighted by Crippen LogP contribution is -2.41. The molecule has 2 aliphatic heterocycles. The number of amides is 1. The van der Waals surface area contributed by atoms with Gasteiger partial charge in [0.25, 0.3) is 0 Å². The van der Waals surface area contributed by atoms with Gasteiger partial charge in [-0.05, 0) is 13.8 Å². The van der Waals surface area contributed by atoms with Crippen LogP contribution in [0.1, 0.15) is 35.1 Å². The van der Waals surface area contributed by atoms with Crippen molar-refractivity contribution < 1.29 is 9.53 Å². The molecule has 0 radical (unpaired) electrons. The summed E-state index contributed by atoms with van der Waals surface area (Å²) in [5.41, 5.74) is 3.90. The third kappa shape index (κ3) is 3.54. The molecule has 1 saturated heterocycles. The van der Waals surface area contributed by atoms with E-state index in [1.54, 1.807) is 11.3 Å². The van der Waals surface area contributed by atoms with Crippen LogP contribution < -0.4 is 0 Å². The molecule has 4 heterocycles. The molecule has 1 amide bonds. The van der Waals surface area contributed by atoms with Gasteiger partial charge < -0.3 is 14.2 Å². The summed E-state index contributed by atoms with van der Waals surface area (Å²) in [5, 5.41) is 0. The Morgan fingerprint density at radius 3 is 2.85 bits per heavy atom. The molecular formula is C18H25N5O2S. The van der Waals surface area contributed by atoms with Gasteiger partial charge in [0.1, 0.15) is 5.82 Å². The molecule has 1 fully saturated rings. The first kappa shape index (κ1) is 17.6. The highest BCUT2D eigenvalue weighted by atomic mass is 32.1. The number of carbonyl (C=O) groups is 1. The number of hydrogen-bond acceptors (Lipinski definition) is 6. The first-order valence-electron chi connectivity index (χ1n) is 9.16. The summed E-state index contributed by atoms with van der Waals surface area (Å²) in [6, 6.07) is 0.234. The highest BCUT2D eigenvalue weighted by Crippen LogP contribution is 2.28. The minimum absolute atomic E-state index is 0.147. The number of aromatic nitrogens is 3. The van der Waals surface area contributed by atoms with Crippen molar-refractivity contribution in [3.05, 3.63) is 33.8 Å². The Morgan fingerprint density at radius 2 is 2.12 bits per heavy atom. The Morgan fingerprint density at radius 1 is 1.31 bits per heavy atom. The monoisotopic (exact) mass is 375 g/mol. The second kappa shape index (κ2) is 7.46. The number of fused-ring (bicyclic) bond motifs is 1. The molecule has 2 aromatic heterocycles. The van der Waals surface area contributed by atoms with Crippen molar-refractivity contribution in [2.24, 2.45) is 0 Å². The van der Waals surface area contributed by atoms with E-state index in [1.165, 1.54) is 4.88 Å². The van der Waals surface area contributed by atoms with Gasteiger partial charge in [-0.1, -0.05) is 0 Å². The quantitative estimate of drug-likeness (QED) is 0.813. The predicted octanol–water partition coefficient (Wildman–Crippen LogP) is 1.63. The van der Waals surface area contributed by atoms with Crippen LogP contribution in [0, 0.1) is 6.92 Å². The fourth-order valence-corrected chi connectivity index (χ4v) is 4.44. The number of thiazole rings is 1. The van der Waals surface area contributed by atoms with E-state index in [0.717, 1.165) is 36.8 Å². The molecule has 0 saturated carbocycles. The molecule has 2 aliphatic rings. The number of imidazole rings is 1. The third-order valence-corrected chi connectivity index (χ3v) is 6.21. The SMILES string of the molecule is Cc1ncsc1CN1CCn2cc(CC(=O)N3CCOCC3)nc2[C@@H]1C. The number of aryl methyl sites for hydroxylation is 1. The smallest absolute Gasteiger partial charge is 0.228 e. The van der Waals surface area contributed by atoms with Gasteiger partial charge in [0.15, 0.2) is 0 Å². The normalized spacial score (nSPS) is 21.0. The maximum atomic E-state index is 12.5. The van der Waals surface area contributed by atoms with Gasteiger partial charge in [-0.25, -0.2) is 9.97 Å². The molecule has 2 aromatic rings. The zero-order valence-electron chi connectivity index (χ0n) is 15.3. The summed E-state index contributed by atoms with van der Waals surface area (Å²) in [5.74, 6) is 1.21. The van der Waals surface area contributed by atoms with E-state index in [2.05, 4.69) is 34.5 Å². The van der Waals surface area contributed by atoms with Gasteiger partial charge in [0, 0.05) is 43.8 Å². The van der Waals surface area contributed by atoms with E-state index in [4.69, 9.17) is 9.72 Å². The number of nitrogens with zero attached hydrogens (tertiary/aromatic N) is 5. The molecule has 8 heteroatoms. The average Bonchev–Trinajstić information content (AvgIpc) is 3.24. The minimum atomic E-state index is 0.147. The summed E-state index contributed by atoms with van der Waals surface area (Å²) in [6.07, 6.45) is 2.43. The first-order valence-corrected chi connectivity index (χ1v) is 10.0. The van der Waals surface area contributed by atoms with Crippen LogP contribution in [0.25, 0.3) is 0 Å². The zero-order chi connectivity index (χ0) is 18.1. The second-order valence-electron chi connectivity index (χ2n) is 6.96. The number of hydrogen-bond donors (Lipinski definition) is 0.